The number of hydrogen-bond donors (Lipinski definition) is 0. The molecule has 1 aromatic carbocycles. The number of benzene rings is 1. The predicted octanol–water partition coefficient (Wildman–Crippen LogP) is 3.34. The number of carbonyl (C=O) groups excluding carboxylic acids is 1. The first-order valence-corrected chi connectivity index (χ1v) is 8.53. The molecule has 0 spiro atoms. The third-order valence-corrected chi connectivity index (χ3v) is 3.60. The zero-order chi connectivity index (χ0) is 19.2. The summed E-state index contributed by atoms with van der Waals surface area (Å²) in [6, 6.07) is 11.6. The van der Waals surface area contributed by atoms with Crippen LogP contribution < -0.4 is 0 Å². The number of hydrogen-bond acceptors (Lipinski definition) is 4. The minimum Gasteiger partial charge on any atom is -0.461 e. The molecule has 0 atom stereocenters. The van der Waals surface area contributed by atoms with E-state index in [9.17, 15) is 9.18 Å². The van der Waals surface area contributed by atoms with Gasteiger partial charge in [-0.2, -0.15) is 0 Å². The van der Waals surface area contributed by atoms with Crippen LogP contribution in [0, 0.1) is 17.7 Å². The Hall–Kier alpha value is -3.17. The van der Waals surface area contributed by atoms with Crippen LogP contribution in [0.1, 0.15) is 30.8 Å². The van der Waals surface area contributed by atoms with Gasteiger partial charge in [-0.25, -0.2) is 14.2 Å². The number of halogens is 1. The first-order valence-electron chi connectivity index (χ1n) is 8.53. The van der Waals surface area contributed by atoms with E-state index in [2.05, 4.69) is 16.8 Å². The molecule has 0 aliphatic heterocycles. The molecule has 0 amide bonds. The maximum Gasteiger partial charge on any atom is 0.332 e. The van der Waals surface area contributed by atoms with Gasteiger partial charge < -0.3 is 9.47 Å². The SMILES string of the molecule is CC(C)OC(=O)COCc1nc2ccccn2c1C#Cc1ccc(F)cc1. The van der Waals surface area contributed by atoms with Gasteiger partial charge in [0, 0.05) is 11.8 Å². The Morgan fingerprint density at radius 3 is 2.70 bits per heavy atom. The summed E-state index contributed by atoms with van der Waals surface area (Å²) in [4.78, 5) is 16.1. The van der Waals surface area contributed by atoms with Crippen LogP contribution in [0.3, 0.4) is 0 Å². The quantitative estimate of drug-likeness (QED) is 0.513. The Morgan fingerprint density at radius 1 is 1.19 bits per heavy atom. The highest BCUT2D eigenvalue weighted by molar-refractivity contribution is 5.70. The van der Waals surface area contributed by atoms with E-state index >= 15 is 0 Å². The minimum absolute atomic E-state index is 0.127. The van der Waals surface area contributed by atoms with Crippen LogP contribution >= 0.6 is 0 Å². The van der Waals surface area contributed by atoms with Crippen LogP contribution in [0.15, 0.2) is 48.7 Å². The van der Waals surface area contributed by atoms with Crippen molar-refractivity contribution in [3.8, 4) is 11.8 Å². The predicted molar refractivity (Wildman–Crippen MR) is 98.5 cm³/mol. The maximum atomic E-state index is 13.0. The molecule has 27 heavy (non-hydrogen) atoms. The van der Waals surface area contributed by atoms with Crippen molar-refractivity contribution in [2.45, 2.75) is 26.6 Å². The van der Waals surface area contributed by atoms with E-state index in [1.165, 1.54) is 12.1 Å². The molecule has 0 fully saturated rings. The normalized spacial score (nSPS) is 10.7. The average molecular weight is 366 g/mol. The monoisotopic (exact) mass is 366 g/mol. The van der Waals surface area contributed by atoms with Gasteiger partial charge in [-0.15, -0.1) is 0 Å². The van der Waals surface area contributed by atoms with E-state index in [4.69, 9.17) is 9.47 Å². The number of aromatic nitrogens is 2. The fourth-order valence-electron chi connectivity index (χ4n) is 2.47. The van der Waals surface area contributed by atoms with Gasteiger partial charge in [-0.3, -0.25) is 4.40 Å². The van der Waals surface area contributed by atoms with Crippen LogP contribution in [0.25, 0.3) is 5.65 Å². The lowest BCUT2D eigenvalue weighted by molar-refractivity contribution is -0.153. The average Bonchev–Trinajstić information content (AvgIpc) is 2.98. The number of pyridine rings is 1. The van der Waals surface area contributed by atoms with Crippen molar-refractivity contribution in [3.63, 3.8) is 0 Å². The van der Waals surface area contributed by atoms with Gasteiger partial charge in [-0.1, -0.05) is 12.0 Å². The van der Waals surface area contributed by atoms with E-state index in [-0.39, 0.29) is 25.1 Å². The zero-order valence-electron chi connectivity index (χ0n) is 15.1. The van der Waals surface area contributed by atoms with E-state index in [1.807, 2.05) is 28.8 Å². The number of esters is 1. The molecule has 3 rings (SSSR count). The summed E-state index contributed by atoms with van der Waals surface area (Å²) in [5.74, 6) is 5.35. The van der Waals surface area contributed by atoms with Crippen molar-refractivity contribution in [2.75, 3.05) is 6.61 Å². The molecule has 2 heterocycles. The first-order chi connectivity index (χ1) is 13.0. The van der Waals surface area contributed by atoms with Crippen LogP contribution in [-0.2, 0) is 20.9 Å². The second kappa shape index (κ2) is 8.47. The van der Waals surface area contributed by atoms with Crippen LogP contribution in [0.5, 0.6) is 0 Å². The largest absolute Gasteiger partial charge is 0.461 e. The third-order valence-electron chi connectivity index (χ3n) is 3.60. The Labute approximate surface area is 156 Å². The Balaban J connectivity index is 1.82. The van der Waals surface area contributed by atoms with Crippen LogP contribution in [0.4, 0.5) is 4.39 Å². The number of rotatable bonds is 5. The molecule has 0 saturated heterocycles. The van der Waals surface area contributed by atoms with Crippen molar-refractivity contribution in [2.24, 2.45) is 0 Å². The van der Waals surface area contributed by atoms with Gasteiger partial charge in [0.15, 0.2) is 0 Å². The number of fused-ring (bicyclic) bond motifs is 1. The highest BCUT2D eigenvalue weighted by Gasteiger charge is 2.12. The lowest BCUT2D eigenvalue weighted by Gasteiger charge is -2.07. The smallest absolute Gasteiger partial charge is 0.332 e. The van der Waals surface area contributed by atoms with Crippen molar-refractivity contribution < 1.29 is 18.7 Å². The minimum atomic E-state index is -0.423. The summed E-state index contributed by atoms with van der Waals surface area (Å²) < 4.78 is 25.4. The lowest BCUT2D eigenvalue weighted by atomic mass is 10.2. The number of nitrogens with zero attached hydrogens (tertiary/aromatic N) is 2. The highest BCUT2D eigenvalue weighted by Crippen LogP contribution is 2.13. The van der Waals surface area contributed by atoms with E-state index < -0.39 is 5.97 Å². The molecule has 0 bridgehead atoms. The fourth-order valence-corrected chi connectivity index (χ4v) is 2.47. The molecule has 3 aromatic rings. The summed E-state index contributed by atoms with van der Waals surface area (Å²) in [6.07, 6.45) is 1.67. The molecular formula is C21H19FN2O3. The van der Waals surface area contributed by atoms with Crippen molar-refractivity contribution in [1.29, 1.82) is 0 Å². The molecule has 0 radical (unpaired) electrons. The second-order valence-electron chi connectivity index (χ2n) is 6.12. The molecule has 138 valence electrons. The molecule has 6 heteroatoms. The van der Waals surface area contributed by atoms with Gasteiger partial charge in [0.2, 0.25) is 0 Å². The van der Waals surface area contributed by atoms with Crippen molar-refractivity contribution in [1.82, 2.24) is 9.38 Å². The number of carbonyl (C=O) groups is 1. The van der Waals surface area contributed by atoms with Crippen molar-refractivity contribution >= 4 is 11.6 Å². The zero-order valence-corrected chi connectivity index (χ0v) is 15.1. The molecule has 0 saturated carbocycles. The van der Waals surface area contributed by atoms with Gasteiger partial charge in [-0.05, 0) is 56.2 Å². The standard InChI is InChI=1S/C21H19FN2O3/c1-15(2)27-21(25)14-26-13-18-19(24-12-4-3-5-20(24)23-18)11-8-16-6-9-17(22)10-7-16/h3-7,9-10,12,15H,13-14H2,1-2H3. The molecular weight excluding hydrogens is 347 g/mol. The van der Waals surface area contributed by atoms with Crippen LogP contribution in [-0.4, -0.2) is 28.1 Å². The molecule has 0 unspecified atom stereocenters. The Bertz CT molecular complexity index is 998. The molecule has 0 aliphatic carbocycles. The number of ether oxygens (including phenoxy) is 2. The van der Waals surface area contributed by atoms with E-state index in [0.29, 0.717) is 17.0 Å². The van der Waals surface area contributed by atoms with Crippen molar-refractivity contribution in [3.05, 3.63) is 71.4 Å². The number of imidazole rings is 1. The maximum absolute atomic E-state index is 13.0. The summed E-state index contributed by atoms with van der Waals surface area (Å²) in [7, 11) is 0. The Kier molecular flexibility index (Phi) is 5.84. The van der Waals surface area contributed by atoms with Gasteiger partial charge in [0.05, 0.1) is 12.7 Å². The molecule has 0 aliphatic rings. The van der Waals surface area contributed by atoms with E-state index in [0.717, 1.165) is 5.65 Å². The van der Waals surface area contributed by atoms with Gasteiger partial charge in [0.25, 0.3) is 0 Å². The highest BCUT2D eigenvalue weighted by atomic mass is 19.1. The summed E-state index contributed by atoms with van der Waals surface area (Å²) in [6.45, 7) is 3.53. The lowest BCUT2D eigenvalue weighted by Crippen LogP contribution is -2.17. The topological polar surface area (TPSA) is 52.8 Å². The van der Waals surface area contributed by atoms with E-state index in [1.54, 1.807) is 26.0 Å². The fraction of sp³-hybridized carbons (Fsp3) is 0.238. The molecule has 0 N–H and O–H groups in total. The summed E-state index contributed by atoms with van der Waals surface area (Å²) in [5.41, 5.74) is 2.69. The summed E-state index contributed by atoms with van der Waals surface area (Å²) >= 11 is 0. The Morgan fingerprint density at radius 2 is 1.96 bits per heavy atom. The summed E-state index contributed by atoms with van der Waals surface area (Å²) in [5, 5.41) is 0. The van der Waals surface area contributed by atoms with Crippen LogP contribution in [0.2, 0.25) is 0 Å². The van der Waals surface area contributed by atoms with Gasteiger partial charge in [0.1, 0.15) is 29.5 Å². The first kappa shape index (κ1) is 18.6. The van der Waals surface area contributed by atoms with Gasteiger partial charge >= 0.3 is 5.97 Å². The third kappa shape index (κ3) is 4.93. The molecule has 5 nitrogen and oxygen atoms in total. The second-order valence-corrected chi connectivity index (χ2v) is 6.12. The molecule has 2 aromatic heterocycles.